The van der Waals surface area contributed by atoms with E-state index in [-0.39, 0.29) is 0 Å². The van der Waals surface area contributed by atoms with Crippen molar-refractivity contribution in [1.29, 1.82) is 0 Å². The Morgan fingerprint density at radius 1 is 1.14 bits per heavy atom. The zero-order valence-electron chi connectivity index (χ0n) is 13.3. The molecule has 2 unspecified atom stereocenters. The van der Waals surface area contributed by atoms with Crippen molar-refractivity contribution in [3.8, 4) is 11.5 Å². The zero-order chi connectivity index (χ0) is 14.8. The lowest BCUT2D eigenvalue weighted by Crippen LogP contribution is -2.34. The predicted molar refractivity (Wildman–Crippen MR) is 84.1 cm³/mol. The van der Waals surface area contributed by atoms with Gasteiger partial charge in [-0.1, -0.05) is 6.07 Å². The van der Waals surface area contributed by atoms with E-state index in [1.165, 1.54) is 37.9 Å². The Labute approximate surface area is 127 Å². The number of rotatable bonds is 6. The van der Waals surface area contributed by atoms with Crippen LogP contribution in [0.2, 0.25) is 0 Å². The lowest BCUT2D eigenvalue weighted by Gasteiger charge is -2.21. The minimum atomic E-state index is 0.328. The summed E-state index contributed by atoms with van der Waals surface area (Å²) in [6.07, 6.45) is 4.06. The summed E-state index contributed by atoms with van der Waals surface area (Å²) in [7, 11) is 3.36. The summed E-state index contributed by atoms with van der Waals surface area (Å²) in [5.41, 5.74) is 1.25. The first kappa shape index (κ1) is 14.7. The number of hydrogen-bond donors (Lipinski definition) is 1. The molecule has 3 rings (SSSR count). The van der Waals surface area contributed by atoms with E-state index in [2.05, 4.69) is 29.3 Å². The number of nitrogens with zero attached hydrogens (tertiary/aromatic N) is 1. The molecule has 0 aromatic heterocycles. The van der Waals surface area contributed by atoms with Gasteiger partial charge in [0.05, 0.1) is 14.2 Å². The fourth-order valence-electron chi connectivity index (χ4n) is 3.27. The van der Waals surface area contributed by atoms with Crippen molar-refractivity contribution in [2.24, 2.45) is 0 Å². The Morgan fingerprint density at radius 3 is 2.57 bits per heavy atom. The van der Waals surface area contributed by atoms with Gasteiger partial charge in [0.15, 0.2) is 11.5 Å². The van der Waals surface area contributed by atoms with Gasteiger partial charge < -0.3 is 14.8 Å². The number of likely N-dealkylation sites (tertiary alicyclic amines) is 1. The van der Waals surface area contributed by atoms with Crippen LogP contribution in [0.5, 0.6) is 11.5 Å². The summed E-state index contributed by atoms with van der Waals surface area (Å²) >= 11 is 0. The summed E-state index contributed by atoms with van der Waals surface area (Å²) in [5, 5.41) is 3.76. The SMILES string of the molecule is COc1ccc(C(C)NC2CCN(C3CC3)C2)cc1OC. The highest BCUT2D eigenvalue weighted by atomic mass is 16.5. The molecule has 2 aliphatic rings. The lowest BCUT2D eigenvalue weighted by atomic mass is 10.1. The van der Waals surface area contributed by atoms with E-state index < -0.39 is 0 Å². The molecule has 4 heteroatoms. The minimum Gasteiger partial charge on any atom is -0.493 e. The van der Waals surface area contributed by atoms with Gasteiger partial charge in [-0.25, -0.2) is 0 Å². The smallest absolute Gasteiger partial charge is 0.161 e. The van der Waals surface area contributed by atoms with Crippen molar-refractivity contribution in [1.82, 2.24) is 10.2 Å². The molecule has 0 amide bonds. The van der Waals surface area contributed by atoms with Gasteiger partial charge in [0.25, 0.3) is 0 Å². The van der Waals surface area contributed by atoms with Gasteiger partial charge in [-0.2, -0.15) is 0 Å². The third kappa shape index (κ3) is 3.33. The highest BCUT2D eigenvalue weighted by Crippen LogP contribution is 2.32. The van der Waals surface area contributed by atoms with E-state index in [4.69, 9.17) is 9.47 Å². The number of nitrogens with one attached hydrogen (secondary N) is 1. The van der Waals surface area contributed by atoms with Crippen molar-refractivity contribution in [3.05, 3.63) is 23.8 Å². The van der Waals surface area contributed by atoms with E-state index in [0.717, 1.165) is 17.5 Å². The van der Waals surface area contributed by atoms with Gasteiger partial charge in [0, 0.05) is 31.2 Å². The molecule has 1 aliphatic carbocycles. The molecule has 1 N–H and O–H groups in total. The standard InChI is InChI=1S/C17H26N2O2/c1-12(13-4-7-16(20-2)17(10-13)21-3)18-14-8-9-19(11-14)15-5-6-15/h4,7,10,12,14-15,18H,5-6,8-9,11H2,1-3H3. The molecule has 0 spiro atoms. The molecule has 1 heterocycles. The number of hydrogen-bond acceptors (Lipinski definition) is 4. The molecule has 1 aromatic rings. The van der Waals surface area contributed by atoms with Crippen LogP contribution < -0.4 is 14.8 Å². The van der Waals surface area contributed by atoms with Crippen LogP contribution in [0.3, 0.4) is 0 Å². The Balaban J connectivity index is 1.61. The molecule has 1 saturated heterocycles. The van der Waals surface area contributed by atoms with Crippen LogP contribution in [0.4, 0.5) is 0 Å². The summed E-state index contributed by atoms with van der Waals surface area (Å²) in [4.78, 5) is 2.64. The van der Waals surface area contributed by atoms with Gasteiger partial charge in [0.1, 0.15) is 0 Å². The number of benzene rings is 1. The summed E-state index contributed by atoms with van der Waals surface area (Å²) in [5.74, 6) is 1.59. The van der Waals surface area contributed by atoms with Crippen LogP contribution in [0.1, 0.15) is 37.8 Å². The van der Waals surface area contributed by atoms with Crippen molar-refractivity contribution >= 4 is 0 Å². The first-order valence-corrected chi connectivity index (χ1v) is 7.93. The normalized spacial score (nSPS) is 24.0. The van der Waals surface area contributed by atoms with Gasteiger partial charge in [-0.3, -0.25) is 4.90 Å². The Bertz CT molecular complexity index is 488. The molecule has 4 nitrogen and oxygen atoms in total. The molecular formula is C17H26N2O2. The van der Waals surface area contributed by atoms with Gasteiger partial charge in [0.2, 0.25) is 0 Å². The zero-order valence-corrected chi connectivity index (χ0v) is 13.3. The maximum Gasteiger partial charge on any atom is 0.161 e. The molecule has 21 heavy (non-hydrogen) atoms. The molecule has 0 radical (unpaired) electrons. The maximum atomic E-state index is 5.39. The van der Waals surface area contributed by atoms with Crippen LogP contribution in [-0.4, -0.2) is 44.3 Å². The second kappa shape index (κ2) is 6.24. The fraction of sp³-hybridized carbons (Fsp3) is 0.647. The van der Waals surface area contributed by atoms with Crippen molar-refractivity contribution in [3.63, 3.8) is 0 Å². The van der Waals surface area contributed by atoms with E-state index in [0.29, 0.717) is 12.1 Å². The van der Waals surface area contributed by atoms with Crippen molar-refractivity contribution in [2.75, 3.05) is 27.3 Å². The monoisotopic (exact) mass is 290 g/mol. The van der Waals surface area contributed by atoms with E-state index in [1.54, 1.807) is 14.2 Å². The third-order valence-electron chi connectivity index (χ3n) is 4.68. The van der Waals surface area contributed by atoms with Crippen LogP contribution >= 0.6 is 0 Å². The molecule has 2 fully saturated rings. The quantitative estimate of drug-likeness (QED) is 0.873. The highest BCUT2D eigenvalue weighted by Gasteiger charge is 2.34. The highest BCUT2D eigenvalue weighted by molar-refractivity contribution is 5.43. The van der Waals surface area contributed by atoms with Gasteiger partial charge in [-0.15, -0.1) is 0 Å². The van der Waals surface area contributed by atoms with Crippen LogP contribution in [0, 0.1) is 0 Å². The molecule has 0 bridgehead atoms. The Morgan fingerprint density at radius 2 is 1.90 bits per heavy atom. The third-order valence-corrected chi connectivity index (χ3v) is 4.68. The van der Waals surface area contributed by atoms with Crippen LogP contribution in [-0.2, 0) is 0 Å². The second-order valence-corrected chi connectivity index (χ2v) is 6.21. The predicted octanol–water partition coefficient (Wildman–Crippen LogP) is 2.59. The molecule has 116 valence electrons. The Hall–Kier alpha value is -1.26. The molecule has 1 aromatic carbocycles. The van der Waals surface area contributed by atoms with Crippen molar-refractivity contribution in [2.45, 2.75) is 44.3 Å². The summed E-state index contributed by atoms with van der Waals surface area (Å²) < 4.78 is 10.7. The van der Waals surface area contributed by atoms with E-state index in [9.17, 15) is 0 Å². The molecule has 2 atom stereocenters. The fourth-order valence-corrected chi connectivity index (χ4v) is 3.27. The largest absolute Gasteiger partial charge is 0.493 e. The topological polar surface area (TPSA) is 33.7 Å². The van der Waals surface area contributed by atoms with Crippen molar-refractivity contribution < 1.29 is 9.47 Å². The molecule has 1 saturated carbocycles. The first-order chi connectivity index (χ1) is 10.2. The molecular weight excluding hydrogens is 264 g/mol. The Kier molecular flexibility index (Phi) is 4.36. The summed E-state index contributed by atoms with van der Waals surface area (Å²) in [6, 6.07) is 7.99. The average molecular weight is 290 g/mol. The first-order valence-electron chi connectivity index (χ1n) is 7.93. The van der Waals surface area contributed by atoms with Crippen LogP contribution in [0.15, 0.2) is 18.2 Å². The van der Waals surface area contributed by atoms with E-state index >= 15 is 0 Å². The van der Waals surface area contributed by atoms with Gasteiger partial charge >= 0.3 is 0 Å². The van der Waals surface area contributed by atoms with Gasteiger partial charge in [-0.05, 0) is 43.9 Å². The van der Waals surface area contributed by atoms with Crippen LogP contribution in [0.25, 0.3) is 0 Å². The average Bonchev–Trinajstić information content (AvgIpc) is 3.26. The summed E-state index contributed by atoms with van der Waals surface area (Å²) in [6.45, 7) is 4.67. The second-order valence-electron chi connectivity index (χ2n) is 6.21. The lowest BCUT2D eigenvalue weighted by molar-refractivity contribution is 0.313. The van der Waals surface area contributed by atoms with E-state index in [1.807, 2.05) is 6.07 Å². The minimum absolute atomic E-state index is 0.328. The number of ether oxygens (including phenoxy) is 2. The maximum absolute atomic E-state index is 5.39. The number of methoxy groups -OCH3 is 2. The molecule has 1 aliphatic heterocycles.